The Balaban J connectivity index is 2.05. The van der Waals surface area contributed by atoms with Crippen LogP contribution >= 0.6 is 11.8 Å². The molecule has 0 radical (unpaired) electrons. The number of hydrogen-bond acceptors (Lipinski definition) is 36. The van der Waals surface area contributed by atoms with E-state index in [0.29, 0.717) is 304 Å². The zero-order valence-corrected chi connectivity index (χ0v) is 73.7. The summed E-state index contributed by atoms with van der Waals surface area (Å²) in [4.78, 5) is 98.5. The fourth-order valence-electron chi connectivity index (χ4n) is 9.81. The highest BCUT2D eigenvalue weighted by Gasteiger charge is 2.38. The van der Waals surface area contributed by atoms with Crippen LogP contribution in [0.3, 0.4) is 0 Å². The van der Waals surface area contributed by atoms with E-state index in [9.17, 15) is 38.4 Å². The predicted octanol–water partition coefficient (Wildman–Crippen LogP) is -1.29. The van der Waals surface area contributed by atoms with Crippen LogP contribution in [0.4, 0.5) is 0 Å². The largest absolute Gasteiger partial charge is 0.481 e. The normalized spacial score (nSPS) is 12.9. The summed E-state index contributed by atoms with van der Waals surface area (Å²) in [6.07, 6.45) is 2.14. The molecule has 1 rings (SSSR count). The summed E-state index contributed by atoms with van der Waals surface area (Å²) in [7, 11) is 0. The van der Waals surface area contributed by atoms with Gasteiger partial charge in [0.15, 0.2) is 0 Å². The molecule has 0 aromatic rings. The van der Waals surface area contributed by atoms with Gasteiger partial charge in [-0.15, -0.1) is 0 Å². The average molecular weight is 1790 g/mol. The first-order valence-corrected chi connectivity index (χ1v) is 43.7. The highest BCUT2D eigenvalue weighted by atomic mass is 32.2. The molecule has 1 atom stereocenters. The molecule has 1 saturated heterocycles. The molecule has 122 heavy (non-hydrogen) atoms. The zero-order chi connectivity index (χ0) is 88.3. The number of likely N-dealkylation sites (tertiary alicyclic amines) is 1. The van der Waals surface area contributed by atoms with Gasteiger partial charge >= 0.3 is 5.97 Å². The molecule has 7 amide bonds. The van der Waals surface area contributed by atoms with E-state index in [4.69, 9.17) is 133 Å². The van der Waals surface area contributed by atoms with Crippen LogP contribution in [0.15, 0.2) is 0 Å². The van der Waals surface area contributed by atoms with Crippen LogP contribution in [0.25, 0.3) is 0 Å². The number of aliphatic carboxylic acids is 1. The summed E-state index contributed by atoms with van der Waals surface area (Å²) < 4.78 is 150. The molecule has 1 unspecified atom stereocenters. The van der Waals surface area contributed by atoms with E-state index in [0.717, 1.165) is 4.90 Å². The van der Waals surface area contributed by atoms with Gasteiger partial charge < -0.3 is 160 Å². The van der Waals surface area contributed by atoms with Gasteiger partial charge in [-0.3, -0.25) is 43.3 Å². The Morgan fingerprint density at radius 1 is 0.295 bits per heavy atom. The van der Waals surface area contributed by atoms with Crippen molar-refractivity contribution >= 4 is 59.1 Å². The molecular weight excluding hydrogens is 1640 g/mol. The third-order valence-corrected chi connectivity index (χ3v) is 16.9. The predicted molar refractivity (Wildman–Crippen MR) is 440 cm³/mol. The molecule has 0 bridgehead atoms. The second-order valence-electron chi connectivity index (χ2n) is 26.0. The lowest BCUT2D eigenvalue weighted by molar-refractivity contribution is -0.140. The summed E-state index contributed by atoms with van der Waals surface area (Å²) in [6, 6.07) is 0. The van der Waals surface area contributed by atoms with Crippen molar-refractivity contribution < 1.29 is 171 Å². The molecule has 0 saturated carbocycles. The number of thioether (sulfide) groups is 1. The van der Waals surface area contributed by atoms with Crippen molar-refractivity contribution in [3.8, 4) is 0 Å². The van der Waals surface area contributed by atoms with Crippen molar-refractivity contribution in [1.82, 2.24) is 31.5 Å². The molecule has 716 valence electrons. The van der Waals surface area contributed by atoms with Crippen LogP contribution < -0.4 is 26.6 Å². The van der Waals surface area contributed by atoms with E-state index in [1.165, 1.54) is 11.8 Å². The second-order valence-corrected chi connectivity index (χ2v) is 27.0. The molecule has 1 aliphatic heterocycles. The van der Waals surface area contributed by atoms with Crippen molar-refractivity contribution in [1.29, 1.82) is 0 Å². The monoisotopic (exact) mass is 1790 g/mol. The first kappa shape index (κ1) is 115. The number of carboxylic acids is 1. The zero-order valence-electron chi connectivity index (χ0n) is 72.8. The Labute approximate surface area is 724 Å². The maximum Gasteiger partial charge on any atom is 0.305 e. The Hall–Kier alpha value is -4.77. The molecule has 1 fully saturated rings. The van der Waals surface area contributed by atoms with Crippen LogP contribution in [0.5, 0.6) is 0 Å². The third-order valence-electron chi connectivity index (χ3n) is 16.0. The van der Waals surface area contributed by atoms with Gasteiger partial charge in [0.05, 0.1) is 368 Å². The number of hydrogen-bond donors (Lipinski definition) is 6. The van der Waals surface area contributed by atoms with Gasteiger partial charge in [0.2, 0.25) is 41.4 Å². The van der Waals surface area contributed by atoms with Gasteiger partial charge in [-0.2, -0.15) is 11.8 Å². The van der Waals surface area contributed by atoms with E-state index < -0.39 is 17.4 Å². The Kier molecular flexibility index (Phi) is 86.0. The minimum absolute atomic E-state index is 0.00585. The molecule has 0 aromatic carbocycles. The molecule has 0 aliphatic carbocycles. The molecule has 6 N–H and O–H groups in total. The summed E-state index contributed by atoms with van der Waals surface area (Å²) >= 11 is 1.34. The second kappa shape index (κ2) is 91.0. The number of carbonyl (C=O) groups is 8. The number of nitrogens with zero attached hydrogens (tertiary/aromatic N) is 1. The van der Waals surface area contributed by atoms with Crippen molar-refractivity contribution in [2.24, 2.45) is 0 Å². The summed E-state index contributed by atoms with van der Waals surface area (Å²) in [5, 5.41) is 22.2. The molecule has 1 heterocycles. The van der Waals surface area contributed by atoms with Crippen LogP contribution in [-0.2, 0) is 166 Å². The number of rotatable bonds is 100. The minimum Gasteiger partial charge on any atom is -0.481 e. The SMILES string of the molecule is CCNC(=O)CCOCC(COCCC(=O)NCC)(COCCC(=O)NCCOCCOCCOCCOCCOCCOCCOCCOCCOCCOCCOCCOCCC(=O)O)NC(=O)CCOCCOCCOCCOCCOCCOCCOCCOCCOCCOCCOCCOCCNC(=O)CCN1C(=O)CC(SC)C1=O. The summed E-state index contributed by atoms with van der Waals surface area (Å²) in [5.74, 6) is -2.68. The first-order valence-electron chi connectivity index (χ1n) is 42.4. The van der Waals surface area contributed by atoms with Crippen molar-refractivity contribution in [3.05, 3.63) is 0 Å². The highest BCUT2D eigenvalue weighted by Crippen LogP contribution is 2.23. The Morgan fingerprint density at radius 2 is 0.500 bits per heavy atom. The Bertz CT molecular complexity index is 2410. The van der Waals surface area contributed by atoms with Crippen molar-refractivity contribution in [2.75, 3.05) is 396 Å². The molecule has 42 nitrogen and oxygen atoms in total. The lowest BCUT2D eigenvalue weighted by atomic mass is 10.0. The fourth-order valence-corrected chi connectivity index (χ4v) is 10.5. The number of carboxylic acid groups (broad SMARTS) is 1. The number of amides is 7. The summed E-state index contributed by atoms with van der Waals surface area (Å²) in [6.45, 7) is 23.5. The Morgan fingerprint density at radius 3 is 0.730 bits per heavy atom. The number of ether oxygens (including phenoxy) is 27. The van der Waals surface area contributed by atoms with E-state index in [1.54, 1.807) is 6.26 Å². The standard InChI is InChI=1S/C79H148N6O36S/c1-4-80-72(87)7-16-119-67-79(68-120-17-8-73(88)81-5-2,69-121-18-9-74(89)83-13-21-98-25-29-102-33-37-106-41-45-110-49-53-114-57-61-118-65-63-116-59-55-112-51-47-108-43-39-104-35-31-100-27-23-96-19-11-77(92)93)84-75(90)10-15-95-22-26-99-30-34-103-38-42-107-46-50-111-54-58-115-62-64-117-60-56-113-52-48-109-44-40-105-36-32-101-28-24-97-20-12-82-71(86)6-14-85-76(91)66-70(122-3)78(85)94/h70H,4-69H2,1-3H3,(H,80,87)(H,81,88)(H,82,86)(H,83,89)(H,84,90)(H,92,93). The topological polar surface area (TPSA) is 469 Å². The first-order chi connectivity index (χ1) is 59.9. The number of carbonyl (C=O) groups excluding carboxylic acids is 7. The van der Waals surface area contributed by atoms with Gasteiger partial charge in [-0.25, -0.2) is 0 Å². The molecule has 0 spiro atoms. The van der Waals surface area contributed by atoms with E-state index in [1.807, 2.05) is 13.8 Å². The lowest BCUT2D eigenvalue weighted by Crippen LogP contribution is -2.59. The van der Waals surface area contributed by atoms with Crippen LogP contribution in [-0.4, -0.2) is 464 Å². The molecule has 43 heteroatoms. The van der Waals surface area contributed by atoms with Crippen LogP contribution in [0, 0.1) is 0 Å². The average Bonchev–Trinajstić information content (AvgIpc) is 1.65. The number of imide groups is 1. The maximum absolute atomic E-state index is 13.5. The lowest BCUT2D eigenvalue weighted by Gasteiger charge is -2.34. The van der Waals surface area contributed by atoms with E-state index >= 15 is 0 Å². The fraction of sp³-hybridized carbons (Fsp3) is 0.899. The summed E-state index contributed by atoms with van der Waals surface area (Å²) in [5.41, 5.74) is -1.27. The van der Waals surface area contributed by atoms with Gasteiger partial charge in [-0.05, 0) is 20.1 Å². The van der Waals surface area contributed by atoms with E-state index in [2.05, 4.69) is 26.6 Å². The van der Waals surface area contributed by atoms with Crippen LogP contribution in [0.1, 0.15) is 58.8 Å². The minimum atomic E-state index is -1.27. The van der Waals surface area contributed by atoms with Gasteiger partial charge in [0.25, 0.3) is 0 Å². The molecule has 0 aromatic heterocycles. The molecular formula is C79H148N6O36S. The van der Waals surface area contributed by atoms with Gasteiger partial charge in [-0.1, -0.05) is 0 Å². The van der Waals surface area contributed by atoms with E-state index in [-0.39, 0.29) is 171 Å². The highest BCUT2D eigenvalue weighted by molar-refractivity contribution is 8.00. The van der Waals surface area contributed by atoms with Crippen LogP contribution in [0.2, 0.25) is 0 Å². The third kappa shape index (κ3) is 79.8. The van der Waals surface area contributed by atoms with Gasteiger partial charge in [0, 0.05) is 71.2 Å². The number of nitrogens with one attached hydrogen (secondary N) is 5. The van der Waals surface area contributed by atoms with Crippen molar-refractivity contribution in [3.63, 3.8) is 0 Å². The smallest absolute Gasteiger partial charge is 0.305 e. The van der Waals surface area contributed by atoms with Crippen molar-refractivity contribution in [2.45, 2.75) is 69.6 Å². The van der Waals surface area contributed by atoms with Gasteiger partial charge in [0.1, 0.15) is 5.54 Å². The molecule has 1 aliphatic rings. The quantitative estimate of drug-likeness (QED) is 0.0305. The maximum atomic E-state index is 13.5.